The molecule has 0 saturated heterocycles. The number of nitrogens with one attached hydrogen (secondary N) is 1. The van der Waals surface area contributed by atoms with Crippen molar-refractivity contribution in [2.75, 3.05) is 6.61 Å². The first kappa shape index (κ1) is 15.8. The Morgan fingerprint density at radius 1 is 1.47 bits per heavy atom. The average molecular weight is 286 g/mol. The zero-order valence-electron chi connectivity index (χ0n) is 11.4. The zero-order chi connectivity index (χ0) is 14.4. The fourth-order valence-corrected chi connectivity index (χ4v) is 1.75. The second-order valence-electron chi connectivity index (χ2n) is 4.57. The third-order valence-electron chi connectivity index (χ3n) is 2.60. The van der Waals surface area contributed by atoms with Gasteiger partial charge in [0, 0.05) is 5.02 Å². The van der Waals surface area contributed by atoms with Crippen molar-refractivity contribution in [1.82, 2.24) is 5.32 Å². The summed E-state index contributed by atoms with van der Waals surface area (Å²) in [5.74, 6) is 0.198. The standard InChI is InChI=1S/C14H20ClNO3/c1-4-11(8-17)16-14(18)12-7-10(15)5-6-13(12)19-9(2)3/h5-7,9,11,17H,4,8H2,1-3H3,(H,16,18). The van der Waals surface area contributed by atoms with E-state index in [0.717, 1.165) is 0 Å². The minimum Gasteiger partial charge on any atom is -0.490 e. The van der Waals surface area contributed by atoms with Crippen LogP contribution in [-0.4, -0.2) is 29.8 Å². The molecular weight excluding hydrogens is 266 g/mol. The zero-order valence-corrected chi connectivity index (χ0v) is 12.2. The van der Waals surface area contributed by atoms with Gasteiger partial charge in [0.2, 0.25) is 0 Å². The molecule has 0 aliphatic rings. The van der Waals surface area contributed by atoms with E-state index >= 15 is 0 Å². The number of carbonyl (C=O) groups excluding carboxylic acids is 1. The summed E-state index contributed by atoms with van der Waals surface area (Å²) in [7, 11) is 0. The molecular formula is C14H20ClNO3. The minimum absolute atomic E-state index is 0.0347. The molecule has 0 aliphatic carbocycles. The van der Waals surface area contributed by atoms with Crippen molar-refractivity contribution >= 4 is 17.5 Å². The van der Waals surface area contributed by atoms with Gasteiger partial charge < -0.3 is 15.2 Å². The first-order valence-electron chi connectivity index (χ1n) is 6.35. The molecule has 1 atom stereocenters. The van der Waals surface area contributed by atoms with Crippen LogP contribution in [0.15, 0.2) is 18.2 Å². The summed E-state index contributed by atoms with van der Waals surface area (Å²) >= 11 is 5.92. The molecule has 1 amide bonds. The Kier molecular flexibility index (Phi) is 6.12. The first-order chi connectivity index (χ1) is 8.97. The molecule has 0 saturated carbocycles. The van der Waals surface area contributed by atoms with Crippen molar-refractivity contribution in [2.24, 2.45) is 0 Å². The topological polar surface area (TPSA) is 58.6 Å². The molecule has 0 spiro atoms. The number of carbonyl (C=O) groups is 1. The lowest BCUT2D eigenvalue weighted by Gasteiger charge is -2.17. The number of aliphatic hydroxyl groups excluding tert-OH is 1. The molecule has 0 radical (unpaired) electrons. The Bertz CT molecular complexity index is 431. The van der Waals surface area contributed by atoms with E-state index in [1.165, 1.54) is 0 Å². The van der Waals surface area contributed by atoms with Gasteiger partial charge in [0.1, 0.15) is 5.75 Å². The second kappa shape index (κ2) is 7.36. The normalized spacial score (nSPS) is 12.3. The maximum absolute atomic E-state index is 12.2. The molecule has 4 nitrogen and oxygen atoms in total. The van der Waals surface area contributed by atoms with Crippen LogP contribution >= 0.6 is 11.6 Å². The van der Waals surface area contributed by atoms with Crippen LogP contribution in [0.3, 0.4) is 0 Å². The monoisotopic (exact) mass is 285 g/mol. The number of benzene rings is 1. The van der Waals surface area contributed by atoms with E-state index in [1.54, 1.807) is 18.2 Å². The lowest BCUT2D eigenvalue weighted by Crippen LogP contribution is -2.37. The van der Waals surface area contributed by atoms with Gasteiger partial charge in [-0.1, -0.05) is 18.5 Å². The molecule has 0 fully saturated rings. The number of hydrogen-bond acceptors (Lipinski definition) is 3. The summed E-state index contributed by atoms with van der Waals surface area (Å²) in [6, 6.07) is 4.66. The summed E-state index contributed by atoms with van der Waals surface area (Å²) in [5, 5.41) is 12.3. The predicted octanol–water partition coefficient (Wildman–Crippen LogP) is 2.63. The van der Waals surface area contributed by atoms with E-state index in [9.17, 15) is 4.79 Å². The number of amides is 1. The highest BCUT2D eigenvalue weighted by molar-refractivity contribution is 6.31. The number of ether oxygens (including phenoxy) is 1. The maximum Gasteiger partial charge on any atom is 0.255 e. The molecule has 2 N–H and O–H groups in total. The fourth-order valence-electron chi connectivity index (χ4n) is 1.58. The molecule has 0 bridgehead atoms. The van der Waals surface area contributed by atoms with Crippen molar-refractivity contribution < 1.29 is 14.6 Å². The Morgan fingerprint density at radius 2 is 2.16 bits per heavy atom. The maximum atomic E-state index is 12.2. The highest BCUT2D eigenvalue weighted by Crippen LogP contribution is 2.24. The molecule has 106 valence electrons. The van der Waals surface area contributed by atoms with Crippen LogP contribution in [0.25, 0.3) is 0 Å². The summed E-state index contributed by atoms with van der Waals surface area (Å²) < 4.78 is 5.59. The number of halogens is 1. The van der Waals surface area contributed by atoms with E-state index < -0.39 is 0 Å². The van der Waals surface area contributed by atoms with E-state index in [-0.39, 0.29) is 24.7 Å². The van der Waals surface area contributed by atoms with Crippen LogP contribution in [0, 0.1) is 0 Å². The van der Waals surface area contributed by atoms with Gasteiger partial charge >= 0.3 is 0 Å². The van der Waals surface area contributed by atoms with Crippen molar-refractivity contribution in [3.8, 4) is 5.75 Å². The van der Waals surface area contributed by atoms with Crippen LogP contribution in [0.4, 0.5) is 0 Å². The van der Waals surface area contributed by atoms with Gasteiger partial charge in [-0.3, -0.25) is 4.79 Å². The Hall–Kier alpha value is -1.26. The van der Waals surface area contributed by atoms with Crippen LogP contribution in [0.1, 0.15) is 37.6 Å². The van der Waals surface area contributed by atoms with Gasteiger partial charge in [-0.15, -0.1) is 0 Å². The second-order valence-corrected chi connectivity index (χ2v) is 5.00. The molecule has 19 heavy (non-hydrogen) atoms. The molecule has 5 heteroatoms. The third kappa shape index (κ3) is 4.73. The largest absolute Gasteiger partial charge is 0.490 e. The van der Waals surface area contributed by atoms with Gasteiger partial charge in [-0.2, -0.15) is 0 Å². The van der Waals surface area contributed by atoms with Crippen LogP contribution in [0.2, 0.25) is 5.02 Å². The number of rotatable bonds is 6. The van der Waals surface area contributed by atoms with Gasteiger partial charge in [0.15, 0.2) is 0 Å². The quantitative estimate of drug-likeness (QED) is 0.845. The molecule has 0 aliphatic heterocycles. The molecule has 1 rings (SSSR count). The van der Waals surface area contributed by atoms with Crippen molar-refractivity contribution in [3.63, 3.8) is 0 Å². The molecule has 1 unspecified atom stereocenters. The van der Waals surface area contributed by atoms with Gasteiger partial charge in [-0.25, -0.2) is 0 Å². The lowest BCUT2D eigenvalue weighted by atomic mass is 10.1. The Morgan fingerprint density at radius 3 is 2.68 bits per heavy atom. The molecule has 1 aromatic rings. The van der Waals surface area contributed by atoms with E-state index in [1.807, 2.05) is 20.8 Å². The third-order valence-corrected chi connectivity index (χ3v) is 2.83. The summed E-state index contributed by atoms with van der Waals surface area (Å²) in [4.78, 5) is 12.2. The van der Waals surface area contributed by atoms with Crippen molar-refractivity contribution in [2.45, 2.75) is 39.3 Å². The number of aliphatic hydroxyl groups is 1. The van der Waals surface area contributed by atoms with Gasteiger partial charge in [0.25, 0.3) is 5.91 Å². The fraction of sp³-hybridized carbons (Fsp3) is 0.500. The highest BCUT2D eigenvalue weighted by Gasteiger charge is 2.17. The molecule has 1 aromatic carbocycles. The van der Waals surface area contributed by atoms with E-state index in [0.29, 0.717) is 22.8 Å². The lowest BCUT2D eigenvalue weighted by molar-refractivity contribution is 0.0909. The molecule has 0 aromatic heterocycles. The van der Waals surface area contributed by atoms with Crippen molar-refractivity contribution in [1.29, 1.82) is 0 Å². The Labute approximate surface area is 118 Å². The van der Waals surface area contributed by atoms with Gasteiger partial charge in [0.05, 0.1) is 24.3 Å². The highest BCUT2D eigenvalue weighted by atomic mass is 35.5. The summed E-state index contributed by atoms with van der Waals surface area (Å²) in [6.45, 7) is 5.57. The predicted molar refractivity (Wildman–Crippen MR) is 75.8 cm³/mol. The summed E-state index contributed by atoms with van der Waals surface area (Å²) in [6.07, 6.45) is 0.621. The Balaban J connectivity index is 2.96. The van der Waals surface area contributed by atoms with Crippen LogP contribution in [0.5, 0.6) is 5.75 Å². The van der Waals surface area contributed by atoms with Crippen LogP contribution in [-0.2, 0) is 0 Å². The molecule has 0 heterocycles. The smallest absolute Gasteiger partial charge is 0.255 e. The van der Waals surface area contributed by atoms with Crippen LogP contribution < -0.4 is 10.1 Å². The van der Waals surface area contributed by atoms with Gasteiger partial charge in [-0.05, 0) is 38.5 Å². The summed E-state index contributed by atoms with van der Waals surface area (Å²) in [5.41, 5.74) is 0.383. The van der Waals surface area contributed by atoms with E-state index in [4.69, 9.17) is 21.4 Å². The van der Waals surface area contributed by atoms with Crippen molar-refractivity contribution in [3.05, 3.63) is 28.8 Å². The number of hydrogen-bond donors (Lipinski definition) is 2. The van der Waals surface area contributed by atoms with E-state index in [2.05, 4.69) is 5.32 Å². The SMILES string of the molecule is CCC(CO)NC(=O)c1cc(Cl)ccc1OC(C)C. The average Bonchev–Trinajstić information content (AvgIpc) is 2.37. The minimum atomic E-state index is -0.293. The first-order valence-corrected chi connectivity index (χ1v) is 6.73.